The van der Waals surface area contributed by atoms with Crippen molar-refractivity contribution in [1.82, 2.24) is 5.32 Å². The van der Waals surface area contributed by atoms with Crippen LogP contribution < -0.4 is 5.32 Å². The lowest BCUT2D eigenvalue weighted by atomic mass is 9.97. The van der Waals surface area contributed by atoms with Crippen molar-refractivity contribution in [2.75, 3.05) is 20.3 Å². The number of carbonyl (C=O) groups is 2. The predicted octanol–water partition coefficient (Wildman–Crippen LogP) is -0.222. The van der Waals surface area contributed by atoms with Crippen LogP contribution >= 0.6 is 0 Å². The molecule has 1 aliphatic heterocycles. The van der Waals surface area contributed by atoms with Gasteiger partial charge in [0.15, 0.2) is 0 Å². The van der Waals surface area contributed by atoms with Crippen LogP contribution in [-0.2, 0) is 23.8 Å². The number of esters is 2. The smallest absolute Gasteiger partial charge is 0.333 e. The first-order chi connectivity index (χ1) is 8.61. The van der Waals surface area contributed by atoms with E-state index in [9.17, 15) is 9.59 Å². The van der Waals surface area contributed by atoms with Crippen LogP contribution in [0.5, 0.6) is 0 Å². The van der Waals surface area contributed by atoms with E-state index < -0.39 is 0 Å². The summed E-state index contributed by atoms with van der Waals surface area (Å²) in [6, 6.07) is 0.554. The Morgan fingerprint density at radius 3 is 2.89 bits per heavy atom. The third-order valence-electron chi connectivity index (χ3n) is 3.04. The minimum atomic E-state index is -0.324. The second-order valence-electron chi connectivity index (χ2n) is 4.36. The van der Waals surface area contributed by atoms with Gasteiger partial charge in [-0.15, -0.1) is 0 Å². The average molecular weight is 255 g/mol. The zero-order chi connectivity index (χ0) is 13.1. The lowest BCUT2D eigenvalue weighted by Gasteiger charge is -2.18. The number of rotatable bonds is 5. The molecule has 3 atom stereocenters. The molecule has 1 saturated heterocycles. The molecule has 0 radical (unpaired) electrons. The van der Waals surface area contributed by atoms with Gasteiger partial charge < -0.3 is 19.5 Å². The van der Waals surface area contributed by atoms with Crippen LogP contribution in [0, 0.1) is 0 Å². The number of nitrogens with one attached hydrogen (secondary N) is 1. The van der Waals surface area contributed by atoms with Gasteiger partial charge in [-0.25, -0.2) is 4.79 Å². The Morgan fingerprint density at radius 1 is 1.44 bits per heavy atom. The highest BCUT2D eigenvalue weighted by Gasteiger charge is 2.46. The Hall–Kier alpha value is -1.40. The van der Waals surface area contributed by atoms with E-state index in [2.05, 4.69) is 5.32 Å². The van der Waals surface area contributed by atoms with Gasteiger partial charge in [-0.05, 0) is 12.5 Å². The predicted molar refractivity (Wildman–Crippen MR) is 61.8 cm³/mol. The summed E-state index contributed by atoms with van der Waals surface area (Å²) in [5, 5.41) is 3.25. The summed E-state index contributed by atoms with van der Waals surface area (Å²) in [6.07, 6.45) is 2.32. The highest BCUT2D eigenvalue weighted by molar-refractivity contribution is 5.89. The van der Waals surface area contributed by atoms with Crippen LogP contribution in [0.1, 0.15) is 13.3 Å². The van der Waals surface area contributed by atoms with Gasteiger partial charge in [-0.2, -0.15) is 0 Å². The molecule has 2 aliphatic rings. The molecule has 0 saturated carbocycles. The summed E-state index contributed by atoms with van der Waals surface area (Å²) in [5.41, 5.74) is 0.640. The van der Waals surface area contributed by atoms with Gasteiger partial charge in [0, 0.05) is 18.5 Å². The summed E-state index contributed by atoms with van der Waals surface area (Å²) >= 11 is 0. The van der Waals surface area contributed by atoms with Crippen LogP contribution in [0.2, 0.25) is 0 Å². The second-order valence-corrected chi connectivity index (χ2v) is 4.36. The minimum Gasteiger partial charge on any atom is -0.466 e. The standard InChI is InChI=1S/C12H17NO5/c1-7(14)17-3-4-18-10-6-8(12(15)16-2)5-9-11(10)13-9/h6,9-11,13H,3-5H2,1-2H3/t9-,10-,11-/m1/s1. The summed E-state index contributed by atoms with van der Waals surface area (Å²) < 4.78 is 15.1. The molecule has 18 heavy (non-hydrogen) atoms. The van der Waals surface area contributed by atoms with E-state index in [0.717, 1.165) is 0 Å². The summed E-state index contributed by atoms with van der Waals surface area (Å²) in [7, 11) is 1.37. The third kappa shape index (κ3) is 3.08. The van der Waals surface area contributed by atoms with Crippen LogP contribution in [0.25, 0.3) is 0 Å². The molecule has 1 N–H and O–H groups in total. The van der Waals surface area contributed by atoms with Crippen molar-refractivity contribution in [3.8, 4) is 0 Å². The molecular formula is C12H17NO5. The number of methoxy groups -OCH3 is 1. The Labute approximate surface area is 105 Å². The maximum Gasteiger partial charge on any atom is 0.333 e. The molecule has 0 aromatic rings. The first-order valence-electron chi connectivity index (χ1n) is 5.92. The van der Waals surface area contributed by atoms with E-state index in [0.29, 0.717) is 24.6 Å². The van der Waals surface area contributed by atoms with Crippen LogP contribution in [0.4, 0.5) is 0 Å². The van der Waals surface area contributed by atoms with Crippen molar-refractivity contribution >= 4 is 11.9 Å². The molecule has 6 heteroatoms. The highest BCUT2D eigenvalue weighted by atomic mass is 16.6. The zero-order valence-electron chi connectivity index (χ0n) is 10.5. The Bertz CT molecular complexity index is 379. The van der Waals surface area contributed by atoms with Crippen molar-refractivity contribution in [3.05, 3.63) is 11.6 Å². The van der Waals surface area contributed by atoms with E-state index in [-0.39, 0.29) is 30.7 Å². The van der Waals surface area contributed by atoms with E-state index in [4.69, 9.17) is 14.2 Å². The Morgan fingerprint density at radius 2 is 2.22 bits per heavy atom. The fraction of sp³-hybridized carbons (Fsp3) is 0.667. The minimum absolute atomic E-state index is 0.159. The number of hydrogen-bond acceptors (Lipinski definition) is 6. The van der Waals surface area contributed by atoms with Gasteiger partial charge in [0.25, 0.3) is 0 Å². The van der Waals surface area contributed by atoms with Crippen molar-refractivity contribution < 1.29 is 23.8 Å². The Kier molecular flexibility index (Phi) is 3.98. The van der Waals surface area contributed by atoms with Crippen molar-refractivity contribution in [3.63, 3.8) is 0 Å². The summed E-state index contributed by atoms with van der Waals surface area (Å²) in [6.45, 7) is 1.90. The first-order valence-corrected chi connectivity index (χ1v) is 5.92. The average Bonchev–Trinajstić information content (AvgIpc) is 3.12. The largest absolute Gasteiger partial charge is 0.466 e. The monoisotopic (exact) mass is 255 g/mol. The Balaban J connectivity index is 1.83. The number of fused-ring (bicyclic) bond motifs is 1. The fourth-order valence-electron chi connectivity index (χ4n) is 2.11. The quantitative estimate of drug-likeness (QED) is 0.415. The lowest BCUT2D eigenvalue weighted by Crippen LogP contribution is -2.27. The SMILES string of the molecule is COC(=O)C1=C[C@@H](OCCOC(C)=O)[C@@H]2N[C@@H]2C1. The van der Waals surface area contributed by atoms with Crippen molar-refractivity contribution in [2.24, 2.45) is 0 Å². The normalized spacial score (nSPS) is 29.0. The molecule has 0 amide bonds. The molecule has 100 valence electrons. The molecule has 0 bridgehead atoms. The summed E-state index contributed by atoms with van der Waals surface area (Å²) in [5.74, 6) is -0.633. The zero-order valence-corrected chi connectivity index (χ0v) is 10.5. The molecule has 0 aromatic carbocycles. The molecule has 1 fully saturated rings. The van der Waals surface area contributed by atoms with Gasteiger partial charge in [0.1, 0.15) is 6.61 Å². The lowest BCUT2D eigenvalue weighted by molar-refractivity contribution is -0.142. The molecule has 6 nitrogen and oxygen atoms in total. The molecule has 1 heterocycles. The van der Waals surface area contributed by atoms with Gasteiger partial charge >= 0.3 is 11.9 Å². The van der Waals surface area contributed by atoms with Crippen molar-refractivity contribution in [2.45, 2.75) is 31.5 Å². The van der Waals surface area contributed by atoms with Gasteiger partial charge in [-0.1, -0.05) is 0 Å². The van der Waals surface area contributed by atoms with E-state index >= 15 is 0 Å². The van der Waals surface area contributed by atoms with Crippen LogP contribution in [0.15, 0.2) is 11.6 Å². The molecule has 0 spiro atoms. The molecule has 2 rings (SSSR count). The van der Waals surface area contributed by atoms with Gasteiger partial charge in [0.2, 0.25) is 0 Å². The number of hydrogen-bond donors (Lipinski definition) is 1. The highest BCUT2D eigenvalue weighted by Crippen LogP contribution is 2.31. The third-order valence-corrected chi connectivity index (χ3v) is 3.04. The maximum absolute atomic E-state index is 11.5. The molecular weight excluding hydrogens is 238 g/mol. The summed E-state index contributed by atoms with van der Waals surface area (Å²) in [4.78, 5) is 22.0. The van der Waals surface area contributed by atoms with E-state index in [1.807, 2.05) is 0 Å². The second kappa shape index (κ2) is 5.49. The number of carbonyl (C=O) groups excluding carboxylic acids is 2. The first kappa shape index (κ1) is 13.0. The maximum atomic E-state index is 11.5. The molecule has 0 unspecified atom stereocenters. The van der Waals surface area contributed by atoms with Crippen LogP contribution in [0.3, 0.4) is 0 Å². The van der Waals surface area contributed by atoms with E-state index in [1.165, 1.54) is 14.0 Å². The van der Waals surface area contributed by atoms with Gasteiger partial charge in [-0.3, -0.25) is 4.79 Å². The van der Waals surface area contributed by atoms with Crippen molar-refractivity contribution in [1.29, 1.82) is 0 Å². The van der Waals surface area contributed by atoms with E-state index in [1.54, 1.807) is 6.08 Å². The molecule has 0 aromatic heterocycles. The topological polar surface area (TPSA) is 83.8 Å². The molecule has 1 aliphatic carbocycles. The number of ether oxygens (including phenoxy) is 3. The van der Waals surface area contributed by atoms with Gasteiger partial charge in [0.05, 0.1) is 25.9 Å². The fourth-order valence-corrected chi connectivity index (χ4v) is 2.11. The van der Waals surface area contributed by atoms with Crippen LogP contribution in [-0.4, -0.2) is 50.4 Å².